The highest BCUT2D eigenvalue weighted by molar-refractivity contribution is 5.77. The van der Waals surface area contributed by atoms with Crippen LogP contribution in [-0.2, 0) is 11.3 Å². The summed E-state index contributed by atoms with van der Waals surface area (Å²) in [6, 6.07) is 7.25. The van der Waals surface area contributed by atoms with Gasteiger partial charge in [-0.1, -0.05) is 12.1 Å². The Morgan fingerprint density at radius 1 is 1.33 bits per heavy atom. The van der Waals surface area contributed by atoms with Crippen molar-refractivity contribution >= 4 is 16.8 Å². The van der Waals surface area contributed by atoms with E-state index in [9.17, 15) is 9.59 Å². The van der Waals surface area contributed by atoms with Crippen molar-refractivity contribution in [1.82, 2.24) is 15.3 Å². The molecular weight excluding hydrogens is 268 g/mol. The maximum atomic E-state index is 12.0. The first kappa shape index (κ1) is 15.2. The van der Waals surface area contributed by atoms with Gasteiger partial charge in [-0.15, -0.1) is 0 Å². The number of aromatic amines is 1. The molecule has 6 heteroatoms. The Labute approximate surface area is 123 Å². The molecule has 0 bridgehead atoms. The number of H-pyrrole nitrogens is 1. The van der Waals surface area contributed by atoms with Gasteiger partial charge in [0.2, 0.25) is 0 Å². The molecule has 2 rings (SSSR count). The highest BCUT2D eigenvalue weighted by Crippen LogP contribution is 2.04. The molecule has 1 aromatic heterocycles. The molecule has 1 unspecified atom stereocenters. The standard InChI is InChI=1S/C15H20N4O2/c1-3-16-14(20)10-19(4-2)9-13-17-12-8-6-5-7-11(12)15(21)18-13/h5-8H,3-4,9-10H2,1-2H3,(H,16,20)(H,17,18,21)/p+1. The van der Waals surface area contributed by atoms with Crippen molar-refractivity contribution in [3.8, 4) is 0 Å². The van der Waals surface area contributed by atoms with Crippen LogP contribution in [0.15, 0.2) is 29.1 Å². The number of carbonyl (C=O) groups is 1. The molecule has 0 spiro atoms. The minimum atomic E-state index is -0.135. The lowest BCUT2D eigenvalue weighted by molar-refractivity contribution is -0.904. The molecule has 0 aliphatic carbocycles. The third kappa shape index (κ3) is 3.88. The SMILES string of the molecule is CCNC(=O)C[NH+](CC)Cc1nc2ccccc2c(=O)[nH]1. The highest BCUT2D eigenvalue weighted by atomic mass is 16.2. The lowest BCUT2D eigenvalue weighted by Gasteiger charge is -2.16. The van der Waals surface area contributed by atoms with Crippen molar-refractivity contribution in [3.05, 3.63) is 40.4 Å². The van der Waals surface area contributed by atoms with Gasteiger partial charge in [0.1, 0.15) is 6.54 Å². The van der Waals surface area contributed by atoms with E-state index in [1.807, 2.05) is 32.0 Å². The first-order valence-electron chi connectivity index (χ1n) is 7.22. The molecule has 6 nitrogen and oxygen atoms in total. The van der Waals surface area contributed by atoms with Crippen molar-refractivity contribution in [2.75, 3.05) is 19.6 Å². The van der Waals surface area contributed by atoms with Gasteiger partial charge < -0.3 is 15.2 Å². The summed E-state index contributed by atoms with van der Waals surface area (Å²) in [5.74, 6) is 0.623. The number of hydrogen-bond acceptors (Lipinski definition) is 3. The molecule has 0 aliphatic heterocycles. The van der Waals surface area contributed by atoms with Crippen LogP contribution in [0.2, 0.25) is 0 Å². The van der Waals surface area contributed by atoms with E-state index in [-0.39, 0.29) is 11.5 Å². The number of quaternary nitrogens is 1. The largest absolute Gasteiger partial charge is 0.351 e. The Balaban J connectivity index is 2.18. The molecule has 0 aliphatic rings. The summed E-state index contributed by atoms with van der Waals surface area (Å²) in [6.45, 7) is 6.21. The van der Waals surface area contributed by atoms with Gasteiger partial charge in [0.25, 0.3) is 11.5 Å². The maximum absolute atomic E-state index is 12.0. The van der Waals surface area contributed by atoms with Gasteiger partial charge in [-0.05, 0) is 26.0 Å². The van der Waals surface area contributed by atoms with Crippen LogP contribution in [0.4, 0.5) is 0 Å². The Hall–Kier alpha value is -2.21. The van der Waals surface area contributed by atoms with Gasteiger partial charge in [-0.25, -0.2) is 4.98 Å². The van der Waals surface area contributed by atoms with Crippen LogP contribution >= 0.6 is 0 Å². The fourth-order valence-electron chi connectivity index (χ4n) is 2.25. The number of carbonyl (C=O) groups excluding carboxylic acids is 1. The molecule has 0 fully saturated rings. The molecule has 1 atom stereocenters. The Bertz CT molecular complexity index is 681. The summed E-state index contributed by atoms with van der Waals surface area (Å²) in [5, 5.41) is 3.37. The van der Waals surface area contributed by atoms with Crippen molar-refractivity contribution in [2.24, 2.45) is 0 Å². The minimum Gasteiger partial charge on any atom is -0.351 e. The molecule has 21 heavy (non-hydrogen) atoms. The van der Waals surface area contributed by atoms with Crippen LogP contribution in [0.1, 0.15) is 19.7 Å². The summed E-state index contributed by atoms with van der Waals surface area (Å²) in [5.41, 5.74) is 0.550. The fraction of sp³-hybridized carbons (Fsp3) is 0.400. The Morgan fingerprint density at radius 2 is 2.10 bits per heavy atom. The van der Waals surface area contributed by atoms with Crippen LogP contribution in [0.5, 0.6) is 0 Å². The van der Waals surface area contributed by atoms with Gasteiger partial charge in [0.05, 0.1) is 17.4 Å². The normalized spacial score (nSPS) is 12.3. The zero-order valence-corrected chi connectivity index (χ0v) is 12.4. The number of amides is 1. The number of benzene rings is 1. The third-order valence-electron chi connectivity index (χ3n) is 3.36. The van der Waals surface area contributed by atoms with Gasteiger partial charge >= 0.3 is 0 Å². The smallest absolute Gasteiger partial charge is 0.275 e. The predicted molar refractivity (Wildman–Crippen MR) is 81.1 cm³/mol. The first-order valence-corrected chi connectivity index (χ1v) is 7.22. The number of fused-ring (bicyclic) bond motifs is 1. The summed E-state index contributed by atoms with van der Waals surface area (Å²) in [4.78, 5) is 32.0. The number of nitrogens with one attached hydrogen (secondary N) is 3. The quantitative estimate of drug-likeness (QED) is 0.668. The maximum Gasteiger partial charge on any atom is 0.275 e. The molecule has 112 valence electrons. The van der Waals surface area contributed by atoms with Crippen molar-refractivity contribution < 1.29 is 9.69 Å². The van der Waals surface area contributed by atoms with Crippen LogP contribution in [-0.4, -0.2) is 35.5 Å². The van der Waals surface area contributed by atoms with E-state index in [0.717, 1.165) is 11.4 Å². The molecule has 1 heterocycles. The molecule has 0 radical (unpaired) electrons. The number of hydrogen-bond donors (Lipinski definition) is 3. The van der Waals surface area contributed by atoms with Gasteiger partial charge in [-0.3, -0.25) is 9.59 Å². The number of rotatable bonds is 6. The molecule has 2 aromatic rings. The summed E-state index contributed by atoms with van der Waals surface area (Å²) >= 11 is 0. The Kier molecular flexibility index (Phi) is 5.05. The second-order valence-corrected chi connectivity index (χ2v) is 4.94. The second-order valence-electron chi connectivity index (χ2n) is 4.94. The van der Waals surface area contributed by atoms with E-state index in [1.165, 1.54) is 0 Å². The van der Waals surface area contributed by atoms with Crippen molar-refractivity contribution in [2.45, 2.75) is 20.4 Å². The van der Waals surface area contributed by atoms with E-state index in [1.54, 1.807) is 6.07 Å². The molecule has 1 aromatic carbocycles. The average Bonchev–Trinajstić information content (AvgIpc) is 2.47. The number of aromatic nitrogens is 2. The van der Waals surface area contributed by atoms with Crippen molar-refractivity contribution in [3.63, 3.8) is 0 Å². The third-order valence-corrected chi connectivity index (χ3v) is 3.36. The molecule has 0 saturated heterocycles. The topological polar surface area (TPSA) is 79.3 Å². The predicted octanol–water partition coefficient (Wildman–Crippen LogP) is -0.536. The van der Waals surface area contributed by atoms with Crippen LogP contribution in [0.3, 0.4) is 0 Å². The van der Waals surface area contributed by atoms with Gasteiger partial charge in [-0.2, -0.15) is 0 Å². The van der Waals surface area contributed by atoms with E-state index >= 15 is 0 Å². The number of para-hydroxylation sites is 1. The zero-order chi connectivity index (χ0) is 15.2. The van der Waals surface area contributed by atoms with E-state index in [4.69, 9.17) is 0 Å². The van der Waals surface area contributed by atoms with Crippen molar-refractivity contribution in [1.29, 1.82) is 0 Å². The highest BCUT2D eigenvalue weighted by Gasteiger charge is 2.14. The number of likely N-dealkylation sites (N-methyl/N-ethyl adjacent to an activating group) is 2. The van der Waals surface area contributed by atoms with E-state index < -0.39 is 0 Å². The van der Waals surface area contributed by atoms with Crippen LogP contribution in [0, 0.1) is 0 Å². The second kappa shape index (κ2) is 6.99. The monoisotopic (exact) mass is 289 g/mol. The fourth-order valence-corrected chi connectivity index (χ4v) is 2.25. The van der Waals surface area contributed by atoms with E-state index in [2.05, 4.69) is 15.3 Å². The average molecular weight is 289 g/mol. The van der Waals surface area contributed by atoms with Gasteiger partial charge in [0, 0.05) is 6.54 Å². The molecule has 1 amide bonds. The number of nitrogens with zero attached hydrogens (tertiary/aromatic N) is 1. The molecular formula is C15H21N4O2+. The lowest BCUT2D eigenvalue weighted by Crippen LogP contribution is -3.11. The van der Waals surface area contributed by atoms with Crippen LogP contribution < -0.4 is 15.8 Å². The summed E-state index contributed by atoms with van der Waals surface area (Å²) in [7, 11) is 0. The molecule has 3 N–H and O–H groups in total. The van der Waals surface area contributed by atoms with E-state index in [0.29, 0.717) is 36.4 Å². The first-order chi connectivity index (χ1) is 10.1. The zero-order valence-electron chi connectivity index (χ0n) is 12.4. The van der Waals surface area contributed by atoms with Gasteiger partial charge in [0.15, 0.2) is 12.4 Å². The lowest BCUT2D eigenvalue weighted by atomic mass is 10.2. The minimum absolute atomic E-state index is 0.0116. The molecule has 0 saturated carbocycles. The van der Waals surface area contributed by atoms with Crippen LogP contribution in [0.25, 0.3) is 10.9 Å². The summed E-state index contributed by atoms with van der Waals surface area (Å²) in [6.07, 6.45) is 0. The summed E-state index contributed by atoms with van der Waals surface area (Å²) < 4.78 is 0. The Morgan fingerprint density at radius 3 is 2.81 bits per heavy atom.